The summed E-state index contributed by atoms with van der Waals surface area (Å²) in [5, 5.41) is 10.3. The van der Waals surface area contributed by atoms with Crippen molar-refractivity contribution in [2.24, 2.45) is 0 Å². The molecule has 1 aromatic heterocycles. The summed E-state index contributed by atoms with van der Waals surface area (Å²) >= 11 is 0. The molecule has 3 rings (SSSR count). The number of amides is 1. The number of aromatic nitrogens is 1. The van der Waals surface area contributed by atoms with Crippen molar-refractivity contribution in [3.8, 4) is 0 Å². The van der Waals surface area contributed by atoms with Gasteiger partial charge in [-0.2, -0.15) is 0 Å². The molecule has 0 saturated heterocycles. The summed E-state index contributed by atoms with van der Waals surface area (Å²) in [7, 11) is 0. The number of carbonyl (C=O) groups excluding carboxylic acids is 2. The monoisotopic (exact) mass is 300 g/mol. The predicted octanol–water partition coefficient (Wildman–Crippen LogP) is 2.70. The van der Waals surface area contributed by atoms with E-state index in [1.165, 1.54) is 0 Å². The van der Waals surface area contributed by atoms with Crippen LogP contribution in [0.15, 0.2) is 35.9 Å². The van der Waals surface area contributed by atoms with Crippen molar-refractivity contribution in [2.75, 3.05) is 0 Å². The van der Waals surface area contributed by atoms with Crippen molar-refractivity contribution in [1.82, 2.24) is 9.88 Å². The van der Waals surface area contributed by atoms with Crippen molar-refractivity contribution >= 4 is 11.7 Å². The first-order valence-corrected chi connectivity index (χ1v) is 7.84. The fraction of sp³-hybridized carbons (Fsp3) is 0.471. The van der Waals surface area contributed by atoms with E-state index in [1.807, 2.05) is 6.07 Å². The van der Waals surface area contributed by atoms with Crippen LogP contribution >= 0.6 is 0 Å². The van der Waals surface area contributed by atoms with Gasteiger partial charge in [0.05, 0.1) is 11.6 Å². The zero-order valence-electron chi connectivity index (χ0n) is 12.7. The number of pyridine rings is 1. The minimum absolute atomic E-state index is 0.0852. The summed E-state index contributed by atoms with van der Waals surface area (Å²) in [5.74, 6) is -0.981. The molecule has 0 bridgehead atoms. The van der Waals surface area contributed by atoms with Crippen LogP contribution in [0.5, 0.6) is 0 Å². The van der Waals surface area contributed by atoms with Crippen LogP contribution in [0.4, 0.5) is 0 Å². The molecule has 1 unspecified atom stereocenters. The molecule has 5 heteroatoms. The number of hydrogen-bond acceptors (Lipinski definition) is 4. The molecule has 2 heterocycles. The first-order valence-electron chi connectivity index (χ1n) is 7.84. The Morgan fingerprint density at radius 1 is 1.41 bits per heavy atom. The van der Waals surface area contributed by atoms with Gasteiger partial charge in [0.1, 0.15) is 0 Å². The minimum atomic E-state index is -0.503. The van der Waals surface area contributed by atoms with Crippen molar-refractivity contribution in [3.05, 3.63) is 41.4 Å². The van der Waals surface area contributed by atoms with Crippen LogP contribution in [0.1, 0.15) is 50.6 Å². The van der Waals surface area contributed by atoms with E-state index in [1.54, 1.807) is 30.3 Å². The van der Waals surface area contributed by atoms with Crippen LogP contribution in [0.2, 0.25) is 0 Å². The molecule has 5 nitrogen and oxygen atoms in total. The quantitative estimate of drug-likeness (QED) is 0.928. The van der Waals surface area contributed by atoms with Gasteiger partial charge in [-0.1, -0.05) is 25.8 Å². The summed E-state index contributed by atoms with van der Waals surface area (Å²) in [6.07, 6.45) is 7.58. The van der Waals surface area contributed by atoms with Crippen molar-refractivity contribution < 1.29 is 14.7 Å². The van der Waals surface area contributed by atoms with E-state index in [0.29, 0.717) is 0 Å². The van der Waals surface area contributed by atoms with Crippen LogP contribution in [-0.2, 0) is 9.59 Å². The maximum absolute atomic E-state index is 12.6. The second kappa shape index (κ2) is 5.91. The molecule has 1 N–H and O–H groups in total. The fourth-order valence-corrected chi connectivity index (χ4v) is 3.52. The highest BCUT2D eigenvalue weighted by atomic mass is 16.3. The Kier molecular flexibility index (Phi) is 3.96. The van der Waals surface area contributed by atoms with Crippen molar-refractivity contribution in [2.45, 2.75) is 51.1 Å². The number of aliphatic hydroxyl groups excluding tert-OH is 1. The first kappa shape index (κ1) is 14.8. The molecule has 1 aliphatic carbocycles. The molecule has 116 valence electrons. The van der Waals surface area contributed by atoms with Crippen LogP contribution in [0.25, 0.3) is 0 Å². The number of hydrogen-bond donors (Lipinski definition) is 1. The van der Waals surface area contributed by atoms with Crippen molar-refractivity contribution in [1.29, 1.82) is 0 Å². The van der Waals surface area contributed by atoms with Crippen molar-refractivity contribution in [3.63, 3.8) is 0 Å². The van der Waals surface area contributed by atoms with Gasteiger partial charge >= 0.3 is 0 Å². The molecule has 1 saturated carbocycles. The normalized spacial score (nSPS) is 22.7. The number of rotatable bonds is 4. The third kappa shape index (κ3) is 2.30. The van der Waals surface area contributed by atoms with E-state index in [-0.39, 0.29) is 29.6 Å². The van der Waals surface area contributed by atoms with Gasteiger partial charge in [-0.05, 0) is 24.5 Å². The van der Waals surface area contributed by atoms with Gasteiger partial charge in [-0.25, -0.2) is 0 Å². The molecule has 1 amide bonds. The highest BCUT2D eigenvalue weighted by Crippen LogP contribution is 2.42. The maximum atomic E-state index is 12.6. The van der Waals surface area contributed by atoms with E-state index in [4.69, 9.17) is 0 Å². The van der Waals surface area contributed by atoms with Crippen LogP contribution in [0, 0.1) is 0 Å². The van der Waals surface area contributed by atoms with Gasteiger partial charge in [0, 0.05) is 24.9 Å². The first-order chi connectivity index (χ1) is 10.6. The third-order valence-electron chi connectivity index (χ3n) is 4.58. The predicted molar refractivity (Wildman–Crippen MR) is 81.0 cm³/mol. The average Bonchev–Trinajstić information content (AvgIpc) is 3.15. The van der Waals surface area contributed by atoms with E-state index >= 15 is 0 Å². The SMILES string of the molecule is CCC(=O)C1=C(O)C(=O)N(C2CCCC2)C1c1cccnc1. The van der Waals surface area contributed by atoms with Gasteiger partial charge in [-0.15, -0.1) is 0 Å². The second-order valence-electron chi connectivity index (χ2n) is 5.88. The van der Waals surface area contributed by atoms with Crippen LogP contribution < -0.4 is 0 Å². The average molecular weight is 300 g/mol. The van der Waals surface area contributed by atoms with Gasteiger partial charge in [0.15, 0.2) is 11.5 Å². The zero-order chi connectivity index (χ0) is 15.7. The van der Waals surface area contributed by atoms with Crippen LogP contribution in [-0.4, -0.2) is 32.7 Å². The highest BCUT2D eigenvalue weighted by molar-refractivity contribution is 6.08. The van der Waals surface area contributed by atoms with Gasteiger partial charge in [0.25, 0.3) is 5.91 Å². The smallest absolute Gasteiger partial charge is 0.290 e. The summed E-state index contributed by atoms with van der Waals surface area (Å²) in [4.78, 5) is 30.7. The second-order valence-corrected chi connectivity index (χ2v) is 5.88. The van der Waals surface area contributed by atoms with E-state index in [0.717, 1.165) is 31.2 Å². The molecule has 0 radical (unpaired) electrons. The summed E-state index contributed by atoms with van der Waals surface area (Å²) in [5.41, 5.74) is 1.01. The lowest BCUT2D eigenvalue weighted by molar-refractivity contribution is -0.131. The van der Waals surface area contributed by atoms with E-state index < -0.39 is 11.9 Å². The van der Waals surface area contributed by atoms with Gasteiger partial charge in [0.2, 0.25) is 0 Å². The molecule has 1 aromatic rings. The lowest BCUT2D eigenvalue weighted by atomic mass is 9.95. The molecule has 0 aromatic carbocycles. The Balaban J connectivity index is 2.07. The molecule has 1 aliphatic heterocycles. The molecular weight excluding hydrogens is 280 g/mol. The van der Waals surface area contributed by atoms with E-state index in [9.17, 15) is 14.7 Å². The number of carbonyl (C=O) groups is 2. The highest BCUT2D eigenvalue weighted by Gasteiger charge is 2.46. The fourth-order valence-electron chi connectivity index (χ4n) is 3.52. The Labute approximate surface area is 129 Å². The largest absolute Gasteiger partial charge is 0.503 e. The van der Waals surface area contributed by atoms with E-state index in [2.05, 4.69) is 4.98 Å². The topological polar surface area (TPSA) is 70.5 Å². The molecule has 0 spiro atoms. The molecule has 1 fully saturated rings. The molecular formula is C17H20N2O3. The maximum Gasteiger partial charge on any atom is 0.290 e. The Hall–Kier alpha value is -2.17. The molecule has 1 atom stereocenters. The Morgan fingerprint density at radius 3 is 2.73 bits per heavy atom. The number of ketones is 1. The zero-order valence-corrected chi connectivity index (χ0v) is 12.7. The number of Topliss-reactive ketones (excluding diaryl/α,β-unsaturated/α-hetero) is 1. The van der Waals surface area contributed by atoms with Crippen LogP contribution in [0.3, 0.4) is 0 Å². The Bertz CT molecular complexity index is 618. The third-order valence-corrected chi connectivity index (χ3v) is 4.58. The number of nitrogens with zero attached hydrogens (tertiary/aromatic N) is 2. The lowest BCUT2D eigenvalue weighted by Gasteiger charge is -2.31. The lowest BCUT2D eigenvalue weighted by Crippen LogP contribution is -2.38. The summed E-state index contributed by atoms with van der Waals surface area (Å²) in [6.45, 7) is 1.74. The Morgan fingerprint density at radius 2 is 2.14 bits per heavy atom. The number of aliphatic hydroxyl groups is 1. The minimum Gasteiger partial charge on any atom is -0.503 e. The molecule has 22 heavy (non-hydrogen) atoms. The van der Waals surface area contributed by atoms with Gasteiger partial charge < -0.3 is 10.0 Å². The van der Waals surface area contributed by atoms with Gasteiger partial charge in [-0.3, -0.25) is 14.6 Å². The summed E-state index contributed by atoms with van der Waals surface area (Å²) in [6, 6.07) is 3.23. The summed E-state index contributed by atoms with van der Waals surface area (Å²) < 4.78 is 0. The standard InChI is InChI=1S/C17H20N2O3/c1-2-13(20)14-15(11-6-5-9-18-10-11)19(17(22)16(14)21)12-7-3-4-8-12/h5-6,9-10,12,15,21H,2-4,7-8H2,1H3. The molecule has 2 aliphatic rings.